The lowest BCUT2D eigenvalue weighted by atomic mass is 9.98. The van der Waals surface area contributed by atoms with Crippen LogP contribution in [0.3, 0.4) is 0 Å². The number of methoxy groups -OCH3 is 2. The first kappa shape index (κ1) is 28.0. The van der Waals surface area contributed by atoms with E-state index in [1.54, 1.807) is 72.8 Å². The number of fused-ring (bicyclic) bond motifs is 1. The summed E-state index contributed by atoms with van der Waals surface area (Å²) in [7, 11) is -1.37. The Balaban J connectivity index is 1.55. The van der Waals surface area contributed by atoms with E-state index in [0.29, 0.717) is 17.2 Å². The Morgan fingerprint density at radius 2 is 1.19 bits per heavy atom. The third-order valence-corrected chi connectivity index (χ3v) is 9.45. The molecule has 4 aromatic carbocycles. The molecule has 0 aromatic heterocycles. The van der Waals surface area contributed by atoms with Crippen LogP contribution in [0.15, 0.2) is 102 Å². The van der Waals surface area contributed by atoms with E-state index in [9.17, 15) is 22.8 Å². The van der Waals surface area contributed by atoms with E-state index in [1.165, 1.54) is 43.4 Å². The van der Waals surface area contributed by atoms with Crippen LogP contribution < -0.4 is 18.7 Å². The highest BCUT2D eigenvalue weighted by molar-refractivity contribution is 7.92. The second kappa shape index (κ2) is 10.6. The molecule has 0 unspecified atom stereocenters. The summed E-state index contributed by atoms with van der Waals surface area (Å²) >= 11 is 0. The molecule has 218 valence electrons. The van der Waals surface area contributed by atoms with Gasteiger partial charge in [-0.2, -0.15) is 0 Å². The number of rotatable bonds is 8. The van der Waals surface area contributed by atoms with Gasteiger partial charge in [-0.1, -0.05) is 29.8 Å². The number of sulfonamides is 1. The smallest absolute Gasteiger partial charge is 0.266 e. The normalized spacial score (nSPS) is 17.9. The summed E-state index contributed by atoms with van der Waals surface area (Å²) in [6.45, 7) is 1.84. The molecule has 6 rings (SSSR count). The van der Waals surface area contributed by atoms with E-state index < -0.39 is 40.0 Å². The van der Waals surface area contributed by atoms with Crippen LogP contribution in [0.4, 0.5) is 11.4 Å². The lowest BCUT2D eigenvalue weighted by Gasteiger charge is -2.53. The lowest BCUT2D eigenvalue weighted by Crippen LogP contribution is -2.77. The number of hydrogen-bond donors (Lipinski definition) is 0. The van der Waals surface area contributed by atoms with Crippen molar-refractivity contribution in [1.82, 2.24) is 4.90 Å². The molecule has 0 saturated carbocycles. The molecule has 0 aliphatic carbocycles. The number of ether oxygens (including phenoxy) is 2. The van der Waals surface area contributed by atoms with Crippen molar-refractivity contribution in [2.24, 2.45) is 0 Å². The monoisotopic (exact) mass is 597 g/mol. The zero-order valence-electron chi connectivity index (χ0n) is 23.5. The van der Waals surface area contributed by atoms with Crippen molar-refractivity contribution in [2.75, 3.05) is 23.4 Å². The minimum absolute atomic E-state index is 0.0240. The molecule has 1 saturated heterocycles. The van der Waals surface area contributed by atoms with Crippen LogP contribution in [-0.2, 0) is 14.8 Å². The van der Waals surface area contributed by atoms with Gasteiger partial charge in [0.05, 0.1) is 35.9 Å². The zero-order chi connectivity index (χ0) is 30.5. The number of carbonyl (C=O) groups is 3. The molecule has 4 aromatic rings. The maximum Gasteiger partial charge on any atom is 0.266 e. The SMILES string of the molecule is COc1ccc(N2C(=O)[C@H](N3C(=O)c4ccccc4C3=O)[C@H]2N(c2ccc(OC)cc2)S(=O)(=O)c2ccc(C)cc2)cc1. The number of anilines is 2. The van der Waals surface area contributed by atoms with Gasteiger partial charge in [0.1, 0.15) is 11.5 Å². The van der Waals surface area contributed by atoms with Gasteiger partial charge >= 0.3 is 0 Å². The topological polar surface area (TPSA) is 114 Å². The molecule has 2 aliphatic rings. The summed E-state index contributed by atoms with van der Waals surface area (Å²) in [5.41, 5.74) is 1.73. The molecule has 11 heteroatoms. The lowest BCUT2D eigenvalue weighted by molar-refractivity contribution is -0.129. The van der Waals surface area contributed by atoms with E-state index in [-0.39, 0.29) is 21.7 Å². The average molecular weight is 598 g/mol. The molecule has 43 heavy (non-hydrogen) atoms. The first-order valence-electron chi connectivity index (χ1n) is 13.4. The molecule has 2 heterocycles. The van der Waals surface area contributed by atoms with Gasteiger partial charge in [0.2, 0.25) is 0 Å². The fraction of sp³-hybridized carbons (Fsp3) is 0.156. The molecular formula is C32H27N3O7S. The van der Waals surface area contributed by atoms with Gasteiger partial charge in [0.25, 0.3) is 27.7 Å². The molecular weight excluding hydrogens is 570 g/mol. The van der Waals surface area contributed by atoms with Crippen molar-refractivity contribution in [1.29, 1.82) is 0 Å². The summed E-state index contributed by atoms with van der Waals surface area (Å²) in [6, 6.07) is 24.0. The summed E-state index contributed by atoms with van der Waals surface area (Å²) in [6.07, 6.45) is -1.32. The quantitative estimate of drug-likeness (QED) is 0.221. The first-order chi connectivity index (χ1) is 20.7. The van der Waals surface area contributed by atoms with Gasteiger partial charge in [0.15, 0.2) is 12.2 Å². The molecule has 0 radical (unpaired) electrons. The molecule has 2 aliphatic heterocycles. The second-order valence-electron chi connectivity index (χ2n) is 10.1. The van der Waals surface area contributed by atoms with E-state index in [1.807, 2.05) is 6.92 Å². The number of carbonyl (C=O) groups excluding carboxylic acids is 3. The Hall–Kier alpha value is -5.16. The highest BCUT2D eigenvalue weighted by Gasteiger charge is 2.61. The Morgan fingerprint density at radius 1 is 0.674 bits per heavy atom. The molecule has 0 bridgehead atoms. The third kappa shape index (κ3) is 4.49. The standard InChI is InChI=1S/C32H27N3O7S/c1-20-8-18-25(19-9-20)43(39,40)35(22-12-16-24(42-3)17-13-22)29-28(32(38)33(29)21-10-14-23(41-2)15-11-21)34-30(36)26-6-4-5-7-27(26)31(34)37/h4-19,28-29H,1-3H3/t28-,29-/m1/s1. The molecule has 10 nitrogen and oxygen atoms in total. The van der Waals surface area contributed by atoms with Gasteiger partial charge in [-0.15, -0.1) is 0 Å². The molecule has 3 amide bonds. The first-order valence-corrected chi connectivity index (χ1v) is 14.8. The van der Waals surface area contributed by atoms with Crippen molar-refractivity contribution >= 4 is 39.1 Å². The molecule has 0 N–H and O–H groups in total. The maximum absolute atomic E-state index is 14.5. The number of nitrogens with zero attached hydrogens (tertiary/aromatic N) is 3. The van der Waals surface area contributed by atoms with Gasteiger partial charge in [-0.05, 0) is 79.7 Å². The van der Waals surface area contributed by atoms with Crippen molar-refractivity contribution < 1.29 is 32.3 Å². The van der Waals surface area contributed by atoms with Crippen LogP contribution in [-0.4, -0.2) is 57.5 Å². The van der Waals surface area contributed by atoms with Gasteiger partial charge in [0, 0.05) is 5.69 Å². The minimum Gasteiger partial charge on any atom is -0.497 e. The summed E-state index contributed by atoms with van der Waals surface area (Å²) < 4.78 is 40.7. The number of benzene rings is 4. The van der Waals surface area contributed by atoms with Crippen molar-refractivity contribution in [3.05, 3.63) is 114 Å². The van der Waals surface area contributed by atoms with Gasteiger partial charge < -0.3 is 9.47 Å². The van der Waals surface area contributed by atoms with Crippen LogP contribution in [0, 0.1) is 6.92 Å². The van der Waals surface area contributed by atoms with Crippen LogP contribution in [0.1, 0.15) is 26.3 Å². The second-order valence-corrected chi connectivity index (χ2v) is 11.9. The summed E-state index contributed by atoms with van der Waals surface area (Å²) in [5.74, 6) is -0.918. The van der Waals surface area contributed by atoms with Gasteiger partial charge in [-0.25, -0.2) is 12.7 Å². The van der Waals surface area contributed by atoms with E-state index in [0.717, 1.165) is 14.8 Å². The van der Waals surface area contributed by atoms with Crippen LogP contribution in [0.5, 0.6) is 11.5 Å². The predicted molar refractivity (Wildman–Crippen MR) is 159 cm³/mol. The Bertz CT molecular complexity index is 1800. The van der Waals surface area contributed by atoms with Crippen LogP contribution in [0.25, 0.3) is 0 Å². The fourth-order valence-electron chi connectivity index (χ4n) is 5.41. The maximum atomic E-state index is 14.5. The van der Waals surface area contributed by atoms with Crippen molar-refractivity contribution in [2.45, 2.75) is 24.0 Å². The minimum atomic E-state index is -4.37. The number of β-lactam (4-membered cyclic amide) rings is 1. The van der Waals surface area contributed by atoms with E-state index in [4.69, 9.17) is 9.47 Å². The zero-order valence-corrected chi connectivity index (χ0v) is 24.3. The summed E-state index contributed by atoms with van der Waals surface area (Å²) in [5, 5.41) is 0. The molecule has 0 spiro atoms. The van der Waals surface area contributed by atoms with Crippen LogP contribution in [0.2, 0.25) is 0 Å². The predicted octanol–water partition coefficient (Wildman–Crippen LogP) is 4.25. The van der Waals surface area contributed by atoms with Gasteiger partial charge in [-0.3, -0.25) is 24.2 Å². The van der Waals surface area contributed by atoms with E-state index >= 15 is 0 Å². The number of amides is 3. The summed E-state index contributed by atoms with van der Waals surface area (Å²) in [4.78, 5) is 43.3. The largest absolute Gasteiger partial charge is 0.497 e. The number of imide groups is 1. The highest BCUT2D eigenvalue weighted by Crippen LogP contribution is 2.42. The van der Waals surface area contributed by atoms with Crippen molar-refractivity contribution in [3.8, 4) is 11.5 Å². The highest BCUT2D eigenvalue weighted by atomic mass is 32.2. The molecule has 1 fully saturated rings. The van der Waals surface area contributed by atoms with E-state index in [2.05, 4.69) is 0 Å². The Morgan fingerprint density at radius 3 is 1.70 bits per heavy atom. The Kier molecular flexibility index (Phi) is 6.89. The van der Waals surface area contributed by atoms with Crippen LogP contribution >= 0.6 is 0 Å². The van der Waals surface area contributed by atoms with Crippen molar-refractivity contribution in [3.63, 3.8) is 0 Å². The average Bonchev–Trinajstić information content (AvgIpc) is 3.27. The number of aryl methyl sites for hydroxylation is 1. The fourth-order valence-corrected chi connectivity index (χ4v) is 7.01. The Labute approximate surface area is 248 Å². The third-order valence-electron chi connectivity index (χ3n) is 7.64. The number of hydrogen-bond acceptors (Lipinski definition) is 7. The molecule has 2 atom stereocenters.